The largest absolute Gasteiger partial charge is 0.444 e. The molecule has 0 aromatic carbocycles. The number of piperazine rings is 1. The van der Waals surface area contributed by atoms with Crippen molar-refractivity contribution in [1.82, 2.24) is 14.7 Å². The number of nitrogens with zero attached hydrogens (tertiary/aromatic N) is 3. The van der Waals surface area contributed by atoms with Crippen LogP contribution in [0.1, 0.15) is 20.8 Å². The van der Waals surface area contributed by atoms with E-state index in [1.54, 1.807) is 15.9 Å². The maximum absolute atomic E-state index is 12.0. The van der Waals surface area contributed by atoms with Gasteiger partial charge in [-0.15, -0.1) is 0 Å². The quantitative estimate of drug-likeness (QED) is 0.734. The highest BCUT2D eigenvalue weighted by atomic mass is 16.6. The first-order valence-corrected chi connectivity index (χ1v) is 7.27. The van der Waals surface area contributed by atoms with Crippen LogP contribution in [0.4, 0.5) is 4.79 Å². The van der Waals surface area contributed by atoms with Crippen molar-refractivity contribution in [2.45, 2.75) is 26.4 Å². The highest BCUT2D eigenvalue weighted by molar-refractivity contribution is 5.87. The van der Waals surface area contributed by atoms with Gasteiger partial charge in [-0.05, 0) is 34.9 Å². The average molecular weight is 297 g/mol. The van der Waals surface area contributed by atoms with Gasteiger partial charge in [-0.1, -0.05) is 6.08 Å². The molecular weight excluding hydrogens is 270 g/mol. The van der Waals surface area contributed by atoms with Crippen molar-refractivity contribution in [2.24, 2.45) is 0 Å². The Kier molecular flexibility index (Phi) is 6.20. The first-order chi connectivity index (χ1) is 9.69. The van der Waals surface area contributed by atoms with Crippen LogP contribution in [-0.2, 0) is 9.53 Å². The van der Waals surface area contributed by atoms with E-state index in [0.717, 1.165) is 6.54 Å². The van der Waals surface area contributed by atoms with Crippen molar-refractivity contribution < 1.29 is 14.3 Å². The molecule has 0 saturated carbocycles. The Bertz CT molecular complexity index is 391. The minimum Gasteiger partial charge on any atom is -0.444 e. The van der Waals surface area contributed by atoms with Crippen LogP contribution in [0.5, 0.6) is 0 Å². The van der Waals surface area contributed by atoms with Crippen molar-refractivity contribution in [3.8, 4) is 0 Å². The van der Waals surface area contributed by atoms with Gasteiger partial charge in [-0.3, -0.25) is 4.79 Å². The predicted molar refractivity (Wildman–Crippen MR) is 82.1 cm³/mol. The van der Waals surface area contributed by atoms with Crippen molar-refractivity contribution in [2.75, 3.05) is 46.8 Å². The molecule has 0 radical (unpaired) electrons. The maximum Gasteiger partial charge on any atom is 0.410 e. The second-order valence-corrected chi connectivity index (χ2v) is 6.46. The first kappa shape index (κ1) is 17.5. The molecule has 0 aromatic heterocycles. The summed E-state index contributed by atoms with van der Waals surface area (Å²) < 4.78 is 5.33. The monoisotopic (exact) mass is 297 g/mol. The smallest absolute Gasteiger partial charge is 0.410 e. The molecular formula is C15H27N3O3. The van der Waals surface area contributed by atoms with Gasteiger partial charge < -0.3 is 19.4 Å². The number of hydrogen-bond acceptors (Lipinski definition) is 4. The zero-order valence-corrected chi connectivity index (χ0v) is 13.8. The van der Waals surface area contributed by atoms with Crippen LogP contribution >= 0.6 is 0 Å². The van der Waals surface area contributed by atoms with E-state index < -0.39 is 5.60 Å². The Hall–Kier alpha value is -1.56. The molecule has 0 bridgehead atoms. The van der Waals surface area contributed by atoms with Gasteiger partial charge in [-0.2, -0.15) is 0 Å². The van der Waals surface area contributed by atoms with E-state index in [0.29, 0.717) is 26.2 Å². The molecule has 1 aliphatic rings. The lowest BCUT2D eigenvalue weighted by atomic mass is 10.2. The van der Waals surface area contributed by atoms with E-state index in [-0.39, 0.29) is 12.0 Å². The van der Waals surface area contributed by atoms with Crippen molar-refractivity contribution in [3.05, 3.63) is 12.2 Å². The second-order valence-electron chi connectivity index (χ2n) is 6.46. The number of rotatable bonds is 3. The second kappa shape index (κ2) is 7.45. The van der Waals surface area contributed by atoms with Gasteiger partial charge in [0.05, 0.1) is 0 Å². The van der Waals surface area contributed by atoms with Gasteiger partial charge >= 0.3 is 6.09 Å². The summed E-state index contributed by atoms with van der Waals surface area (Å²) in [5, 5.41) is 0. The molecule has 1 rings (SSSR count). The van der Waals surface area contributed by atoms with Crippen LogP contribution in [0.25, 0.3) is 0 Å². The fraction of sp³-hybridized carbons (Fsp3) is 0.733. The lowest BCUT2D eigenvalue weighted by Gasteiger charge is -2.35. The molecule has 1 saturated heterocycles. The topological polar surface area (TPSA) is 53.1 Å². The Morgan fingerprint density at radius 3 is 2.10 bits per heavy atom. The van der Waals surface area contributed by atoms with E-state index in [1.165, 1.54) is 0 Å². The molecule has 0 atom stereocenters. The third-order valence-electron chi connectivity index (χ3n) is 2.97. The molecule has 1 aliphatic heterocycles. The van der Waals surface area contributed by atoms with E-state index in [2.05, 4.69) is 0 Å². The Morgan fingerprint density at radius 1 is 1.10 bits per heavy atom. The van der Waals surface area contributed by atoms with Crippen molar-refractivity contribution >= 4 is 12.0 Å². The zero-order chi connectivity index (χ0) is 16.0. The molecule has 0 aliphatic carbocycles. The van der Waals surface area contributed by atoms with E-state index >= 15 is 0 Å². The first-order valence-electron chi connectivity index (χ1n) is 7.27. The van der Waals surface area contributed by atoms with E-state index in [1.807, 2.05) is 45.8 Å². The summed E-state index contributed by atoms with van der Waals surface area (Å²) >= 11 is 0. The van der Waals surface area contributed by atoms with Gasteiger partial charge in [0.25, 0.3) is 0 Å². The summed E-state index contributed by atoms with van der Waals surface area (Å²) in [6.07, 6.45) is 3.14. The molecule has 6 nitrogen and oxygen atoms in total. The molecule has 21 heavy (non-hydrogen) atoms. The third kappa shape index (κ3) is 6.62. The standard InChI is InChI=1S/C15H27N3O3/c1-15(2,3)21-14(20)18-11-9-17(10-12-18)13(19)7-6-8-16(4)5/h6-7H,8-12H2,1-5H3/b7-6+. The molecule has 0 unspecified atom stereocenters. The average Bonchev–Trinajstić information content (AvgIpc) is 2.36. The molecule has 1 fully saturated rings. The van der Waals surface area contributed by atoms with Crippen LogP contribution in [-0.4, -0.2) is 79.1 Å². The van der Waals surface area contributed by atoms with Crippen LogP contribution in [0.3, 0.4) is 0 Å². The predicted octanol–water partition coefficient (Wildman–Crippen LogP) is 1.18. The molecule has 0 spiro atoms. The lowest BCUT2D eigenvalue weighted by molar-refractivity contribution is -0.127. The number of likely N-dealkylation sites (N-methyl/N-ethyl adjacent to an activating group) is 1. The summed E-state index contributed by atoms with van der Waals surface area (Å²) in [5.41, 5.74) is -0.487. The summed E-state index contributed by atoms with van der Waals surface area (Å²) in [4.78, 5) is 29.3. The van der Waals surface area contributed by atoms with Gasteiger partial charge in [-0.25, -0.2) is 4.79 Å². The van der Waals surface area contributed by atoms with Crippen LogP contribution in [0, 0.1) is 0 Å². The zero-order valence-electron chi connectivity index (χ0n) is 13.8. The Balaban J connectivity index is 2.40. The van der Waals surface area contributed by atoms with Crippen LogP contribution < -0.4 is 0 Å². The number of carbonyl (C=O) groups excluding carboxylic acids is 2. The van der Waals surface area contributed by atoms with Gasteiger partial charge in [0.2, 0.25) is 5.91 Å². The lowest BCUT2D eigenvalue weighted by Crippen LogP contribution is -2.51. The van der Waals surface area contributed by atoms with Gasteiger partial charge in [0, 0.05) is 38.8 Å². The number of hydrogen-bond donors (Lipinski definition) is 0. The van der Waals surface area contributed by atoms with Gasteiger partial charge in [0.1, 0.15) is 5.60 Å². The fourth-order valence-corrected chi connectivity index (χ4v) is 1.91. The van der Waals surface area contributed by atoms with Gasteiger partial charge in [0.15, 0.2) is 0 Å². The summed E-state index contributed by atoms with van der Waals surface area (Å²) in [7, 11) is 3.91. The molecule has 6 heteroatoms. The molecule has 0 aromatic rings. The van der Waals surface area contributed by atoms with Crippen molar-refractivity contribution in [1.29, 1.82) is 0 Å². The molecule has 120 valence electrons. The molecule has 0 N–H and O–H groups in total. The SMILES string of the molecule is CN(C)C/C=C/C(=O)N1CCN(C(=O)OC(C)(C)C)CC1. The minimum absolute atomic E-state index is 0.000638. The normalized spacial score (nSPS) is 16.7. The third-order valence-corrected chi connectivity index (χ3v) is 2.97. The number of ether oxygens (including phenoxy) is 1. The van der Waals surface area contributed by atoms with Crippen LogP contribution in [0.15, 0.2) is 12.2 Å². The maximum atomic E-state index is 12.0. The Labute approximate surface area is 127 Å². The fourth-order valence-electron chi connectivity index (χ4n) is 1.91. The van der Waals surface area contributed by atoms with Crippen molar-refractivity contribution in [3.63, 3.8) is 0 Å². The van der Waals surface area contributed by atoms with E-state index in [4.69, 9.17) is 4.74 Å². The number of carbonyl (C=O) groups is 2. The van der Waals surface area contributed by atoms with E-state index in [9.17, 15) is 9.59 Å². The Morgan fingerprint density at radius 2 is 1.62 bits per heavy atom. The highest BCUT2D eigenvalue weighted by Gasteiger charge is 2.26. The minimum atomic E-state index is -0.487. The molecule has 2 amide bonds. The van der Waals surface area contributed by atoms with Crippen LogP contribution in [0.2, 0.25) is 0 Å². The molecule has 1 heterocycles. The highest BCUT2D eigenvalue weighted by Crippen LogP contribution is 2.12. The summed E-state index contributed by atoms with van der Waals surface area (Å²) in [5.74, 6) is 0.000638. The number of amides is 2. The summed E-state index contributed by atoms with van der Waals surface area (Å²) in [6.45, 7) is 8.41. The summed E-state index contributed by atoms with van der Waals surface area (Å²) in [6, 6.07) is 0.